The molecule has 0 saturated carbocycles. The summed E-state index contributed by atoms with van der Waals surface area (Å²) in [4.78, 5) is 1.05. The van der Waals surface area contributed by atoms with Gasteiger partial charge in [-0.3, -0.25) is 0 Å². The molecule has 0 unspecified atom stereocenters. The van der Waals surface area contributed by atoms with Gasteiger partial charge in [-0.05, 0) is 23.8 Å². The first-order valence-electron chi connectivity index (χ1n) is 6.37. The van der Waals surface area contributed by atoms with Crippen molar-refractivity contribution >= 4 is 23.4 Å². The van der Waals surface area contributed by atoms with Crippen LogP contribution in [0.5, 0.6) is 0 Å². The van der Waals surface area contributed by atoms with Crippen LogP contribution in [0.3, 0.4) is 0 Å². The topological polar surface area (TPSA) is 18.5 Å². The maximum Gasteiger partial charge on any atom is 0.183 e. The van der Waals surface area contributed by atoms with Crippen molar-refractivity contribution in [3.63, 3.8) is 0 Å². The van der Waals surface area contributed by atoms with Crippen LogP contribution in [0.15, 0.2) is 47.4 Å². The van der Waals surface area contributed by atoms with Gasteiger partial charge in [-0.15, -0.1) is 11.8 Å². The number of thioether (sulfide) groups is 1. The predicted molar refractivity (Wildman–Crippen MR) is 84.2 cm³/mol. The van der Waals surface area contributed by atoms with Crippen LogP contribution in [0.25, 0.3) is 0 Å². The predicted octanol–water partition coefficient (Wildman–Crippen LogP) is 5.06. The van der Waals surface area contributed by atoms with Gasteiger partial charge in [-0.2, -0.15) is 0 Å². The Morgan fingerprint density at radius 3 is 2.38 bits per heavy atom. The molecule has 0 atom stereocenters. The second-order valence-electron chi connectivity index (χ2n) is 4.37. The smallest absolute Gasteiger partial charge is 0.183 e. The van der Waals surface area contributed by atoms with Gasteiger partial charge in [-0.25, -0.2) is 4.39 Å². The van der Waals surface area contributed by atoms with Crippen molar-refractivity contribution < 1.29 is 13.9 Å². The highest BCUT2D eigenvalue weighted by molar-refractivity contribution is 7.98. The van der Waals surface area contributed by atoms with E-state index >= 15 is 0 Å². The highest BCUT2D eigenvalue weighted by atomic mass is 35.5. The highest BCUT2D eigenvalue weighted by Crippen LogP contribution is 2.28. The van der Waals surface area contributed by atoms with Gasteiger partial charge in [0.25, 0.3) is 0 Å². The minimum atomic E-state index is -0.366. The molecule has 0 heterocycles. The van der Waals surface area contributed by atoms with Crippen LogP contribution in [0, 0.1) is 5.82 Å². The van der Waals surface area contributed by atoms with Crippen molar-refractivity contribution in [2.75, 3.05) is 14.2 Å². The Morgan fingerprint density at radius 2 is 1.76 bits per heavy atom. The first-order valence-corrected chi connectivity index (χ1v) is 7.73. The SMILES string of the molecule is COC(OC)c1ccc(SCc2cccc(Cl)c2F)cc1. The monoisotopic (exact) mass is 326 g/mol. The fourth-order valence-electron chi connectivity index (χ4n) is 1.91. The number of halogens is 2. The minimum absolute atomic E-state index is 0.159. The van der Waals surface area contributed by atoms with E-state index in [1.54, 1.807) is 44.2 Å². The fourth-order valence-corrected chi connectivity index (χ4v) is 2.98. The van der Waals surface area contributed by atoms with Gasteiger partial charge >= 0.3 is 0 Å². The van der Waals surface area contributed by atoms with Crippen LogP contribution in [0.2, 0.25) is 5.02 Å². The normalized spacial score (nSPS) is 11.1. The van der Waals surface area contributed by atoms with E-state index in [2.05, 4.69) is 0 Å². The molecule has 2 aromatic rings. The zero-order valence-electron chi connectivity index (χ0n) is 11.8. The quantitative estimate of drug-likeness (QED) is 0.546. The molecule has 0 bridgehead atoms. The Bertz CT molecular complexity index is 585. The average molecular weight is 327 g/mol. The summed E-state index contributed by atoms with van der Waals surface area (Å²) in [6.45, 7) is 0. The van der Waals surface area contributed by atoms with E-state index in [0.717, 1.165) is 10.5 Å². The van der Waals surface area contributed by atoms with E-state index in [4.69, 9.17) is 21.1 Å². The molecule has 2 rings (SSSR count). The molecule has 2 nitrogen and oxygen atoms in total. The lowest BCUT2D eigenvalue weighted by Gasteiger charge is -2.13. The van der Waals surface area contributed by atoms with Gasteiger partial charge in [0.15, 0.2) is 6.29 Å². The van der Waals surface area contributed by atoms with Crippen molar-refractivity contribution in [2.24, 2.45) is 0 Å². The van der Waals surface area contributed by atoms with Crippen LogP contribution in [-0.4, -0.2) is 14.2 Å². The number of ether oxygens (including phenoxy) is 2. The van der Waals surface area contributed by atoms with Crippen LogP contribution in [0.4, 0.5) is 4.39 Å². The van der Waals surface area contributed by atoms with E-state index in [1.165, 1.54) is 0 Å². The Kier molecular flexibility index (Phi) is 6.06. The second kappa shape index (κ2) is 7.80. The maximum absolute atomic E-state index is 13.8. The minimum Gasteiger partial charge on any atom is -0.352 e. The van der Waals surface area contributed by atoms with Crippen molar-refractivity contribution in [1.82, 2.24) is 0 Å². The van der Waals surface area contributed by atoms with Crippen LogP contribution in [-0.2, 0) is 15.2 Å². The van der Waals surface area contributed by atoms with Gasteiger partial charge in [-0.1, -0.05) is 35.9 Å². The molecule has 0 spiro atoms. The lowest BCUT2D eigenvalue weighted by molar-refractivity contribution is -0.106. The summed E-state index contributed by atoms with van der Waals surface area (Å²) in [6, 6.07) is 12.9. The van der Waals surface area contributed by atoms with Gasteiger partial charge < -0.3 is 9.47 Å². The lowest BCUT2D eigenvalue weighted by Crippen LogP contribution is -2.02. The third-order valence-electron chi connectivity index (χ3n) is 3.01. The Labute approximate surface area is 133 Å². The maximum atomic E-state index is 13.8. The van der Waals surface area contributed by atoms with E-state index in [-0.39, 0.29) is 17.1 Å². The zero-order valence-corrected chi connectivity index (χ0v) is 13.4. The molecule has 21 heavy (non-hydrogen) atoms. The van der Waals surface area contributed by atoms with Gasteiger partial charge in [0.05, 0.1) is 5.02 Å². The summed E-state index contributed by atoms with van der Waals surface area (Å²) in [7, 11) is 3.19. The van der Waals surface area contributed by atoms with Gasteiger partial charge in [0, 0.05) is 30.4 Å². The molecule has 112 valence electrons. The first kappa shape index (κ1) is 16.3. The van der Waals surface area contributed by atoms with E-state index in [1.807, 2.05) is 24.3 Å². The molecule has 0 amide bonds. The third-order valence-corrected chi connectivity index (χ3v) is 4.36. The third kappa shape index (κ3) is 4.20. The fraction of sp³-hybridized carbons (Fsp3) is 0.250. The number of hydrogen-bond donors (Lipinski definition) is 0. The molecule has 5 heteroatoms. The van der Waals surface area contributed by atoms with Gasteiger partial charge in [0.1, 0.15) is 5.82 Å². The van der Waals surface area contributed by atoms with Crippen molar-refractivity contribution in [1.29, 1.82) is 0 Å². The Hall–Kier alpha value is -1.07. The summed E-state index contributed by atoms with van der Waals surface area (Å²) in [6.07, 6.45) is -0.366. The molecule has 0 radical (unpaired) electrons. The molecule has 0 saturated heterocycles. The number of rotatable bonds is 6. The first-order chi connectivity index (χ1) is 10.2. The molecule has 0 aliphatic carbocycles. The Morgan fingerprint density at radius 1 is 1.10 bits per heavy atom. The van der Waals surface area contributed by atoms with E-state index < -0.39 is 0 Å². The number of hydrogen-bond acceptors (Lipinski definition) is 3. The van der Waals surface area contributed by atoms with E-state index in [9.17, 15) is 4.39 Å². The summed E-state index contributed by atoms with van der Waals surface area (Å²) in [5.41, 5.74) is 1.54. The molecule has 0 aliphatic rings. The second-order valence-corrected chi connectivity index (χ2v) is 5.83. The molecule has 0 fully saturated rings. The van der Waals surface area contributed by atoms with Crippen molar-refractivity contribution in [3.05, 3.63) is 64.4 Å². The Balaban J connectivity index is 2.02. The molecule has 0 aromatic heterocycles. The van der Waals surface area contributed by atoms with Crippen LogP contribution >= 0.6 is 23.4 Å². The molecular formula is C16H16ClFO2S. The summed E-state index contributed by atoms with van der Waals surface area (Å²) in [5.74, 6) is 0.186. The summed E-state index contributed by atoms with van der Waals surface area (Å²) in [5, 5.41) is 0.159. The van der Waals surface area contributed by atoms with E-state index in [0.29, 0.717) is 11.3 Å². The standard InChI is InChI=1S/C16H16ClFO2S/c1-19-16(20-2)11-6-8-13(9-7-11)21-10-12-4-3-5-14(17)15(12)18/h3-9,16H,10H2,1-2H3. The molecular weight excluding hydrogens is 311 g/mol. The van der Waals surface area contributed by atoms with Crippen molar-refractivity contribution in [3.8, 4) is 0 Å². The van der Waals surface area contributed by atoms with Crippen molar-refractivity contribution in [2.45, 2.75) is 16.9 Å². The van der Waals surface area contributed by atoms with Crippen LogP contribution < -0.4 is 0 Å². The number of benzene rings is 2. The molecule has 0 aliphatic heterocycles. The summed E-state index contributed by atoms with van der Waals surface area (Å²) >= 11 is 7.32. The highest BCUT2D eigenvalue weighted by Gasteiger charge is 2.09. The average Bonchev–Trinajstić information content (AvgIpc) is 2.51. The zero-order chi connectivity index (χ0) is 15.2. The molecule has 0 N–H and O–H groups in total. The van der Waals surface area contributed by atoms with Crippen LogP contribution in [0.1, 0.15) is 17.4 Å². The summed E-state index contributed by atoms with van der Waals surface area (Å²) < 4.78 is 24.2. The van der Waals surface area contributed by atoms with Gasteiger partial charge in [0.2, 0.25) is 0 Å². The number of methoxy groups -OCH3 is 2. The largest absolute Gasteiger partial charge is 0.352 e. The molecule has 2 aromatic carbocycles. The lowest BCUT2D eigenvalue weighted by atomic mass is 10.2.